The Kier molecular flexibility index (Phi) is 20.9. The maximum atomic E-state index is 14.7. The number of nitriles is 2. The SMILES string of the molecule is CN1c2cccc3c2[C@@](N)(CCC[C@@H]3[C@H]2OC2(C)C)[C@H]1C#N.CN1c2cccc3c2[C@@](NS(=O)(=O)N[C@]24CCC[C@H]2N(C(=O)OCc2ccccc2)c2ccccc24)(CCC[C@@H]3[C@H]2OC2(C)C)[C@H]1C#N.C[Si](C)(C)CCS(=O)(=O)N1CC[C@]2(NS(=O)(=O)Oc3c(F)cccc3F)c3ccccc3N(C(=O)OCc3ccccc3)[C@H]12. The molecule has 4 fully saturated rings. The van der Waals surface area contributed by atoms with E-state index in [4.69, 9.17) is 28.9 Å². The summed E-state index contributed by atoms with van der Waals surface area (Å²) in [6.45, 7) is 14.4. The predicted molar refractivity (Wildman–Crippen MR) is 430 cm³/mol. The summed E-state index contributed by atoms with van der Waals surface area (Å²) in [7, 11) is -11.3. The zero-order chi connectivity index (χ0) is 81.1. The van der Waals surface area contributed by atoms with Gasteiger partial charge in [-0.3, -0.25) is 9.80 Å². The van der Waals surface area contributed by atoms with Crippen molar-refractivity contribution in [2.75, 3.05) is 46.0 Å². The number of fused-ring (bicyclic) bond motifs is 6. The van der Waals surface area contributed by atoms with Crippen molar-refractivity contribution in [1.82, 2.24) is 18.5 Å². The molecular weight excluding hydrogens is 1530 g/mol. The van der Waals surface area contributed by atoms with Crippen molar-refractivity contribution in [3.63, 3.8) is 0 Å². The van der Waals surface area contributed by atoms with Gasteiger partial charge in [0.1, 0.15) is 31.5 Å². The summed E-state index contributed by atoms with van der Waals surface area (Å²) in [5.41, 5.74) is 11.8. The van der Waals surface area contributed by atoms with Crippen LogP contribution in [-0.2, 0) is 84.9 Å². The summed E-state index contributed by atoms with van der Waals surface area (Å²) in [5.74, 6) is -3.36. The summed E-state index contributed by atoms with van der Waals surface area (Å²) < 4.78 is 151. The first-order chi connectivity index (χ1) is 54.0. The highest BCUT2D eigenvalue weighted by Crippen LogP contribution is 2.60. The molecule has 5 N–H and O–H groups in total. The van der Waals surface area contributed by atoms with Gasteiger partial charge in [-0.25, -0.2) is 26.8 Å². The van der Waals surface area contributed by atoms with Gasteiger partial charge in [0.15, 0.2) is 11.6 Å². The number of epoxide rings is 2. The summed E-state index contributed by atoms with van der Waals surface area (Å²) in [4.78, 5) is 34.3. The molecule has 114 heavy (non-hydrogen) atoms. The minimum absolute atomic E-state index is 0.0294. The highest BCUT2D eigenvalue weighted by molar-refractivity contribution is 7.89. The van der Waals surface area contributed by atoms with Crippen LogP contribution in [0.25, 0.3) is 0 Å². The first-order valence-corrected chi connectivity index (χ1v) is 47.1. The summed E-state index contributed by atoms with van der Waals surface area (Å²) in [6.07, 6.45) is 4.23. The average molecular weight is 1630 g/mol. The van der Waals surface area contributed by atoms with E-state index in [9.17, 15) is 54.1 Å². The van der Waals surface area contributed by atoms with E-state index in [2.05, 4.69) is 83.2 Å². The van der Waals surface area contributed by atoms with E-state index < -0.39 is 109 Å². The Morgan fingerprint density at radius 3 is 1.57 bits per heavy atom. The molecule has 17 rings (SSSR count). The quantitative estimate of drug-likeness (QED) is 0.0458. The molecule has 1 saturated carbocycles. The number of halogens is 2. The number of hydrogen-bond donors (Lipinski definition) is 4. The van der Waals surface area contributed by atoms with Gasteiger partial charge in [0.2, 0.25) is 15.8 Å². The van der Waals surface area contributed by atoms with Crippen LogP contribution in [0.4, 0.5) is 41.1 Å². The molecule has 0 bridgehead atoms. The number of carbonyl (C=O) groups is 2. The second kappa shape index (κ2) is 29.7. The number of likely N-dealkylation sites (N-methyl/N-ethyl adjacent to an activating group) is 2. The lowest BCUT2D eigenvalue weighted by atomic mass is 9.80. The van der Waals surface area contributed by atoms with E-state index in [1.807, 2.05) is 105 Å². The smallest absolute Gasteiger partial charge is 0.416 e. The molecule has 10 aliphatic rings. The number of ether oxygens (including phenoxy) is 4. The van der Waals surface area contributed by atoms with Crippen LogP contribution >= 0.6 is 0 Å². The summed E-state index contributed by atoms with van der Waals surface area (Å²) in [5, 5.41) is 20.3. The van der Waals surface area contributed by atoms with Gasteiger partial charge in [-0.2, -0.15) is 45.8 Å². The van der Waals surface area contributed by atoms with Crippen LogP contribution in [0.15, 0.2) is 164 Å². The molecule has 0 radical (unpaired) electrons. The van der Waals surface area contributed by atoms with Gasteiger partial charge in [0.05, 0.1) is 80.9 Å². The maximum absolute atomic E-state index is 14.7. The standard InChI is InChI=1S/C37H41N5O5S.C29H33F2N3O7S2Si.C18H23N3O/c1-35(2)33(47-35)26-15-10-21-37(31(22-38)41(3)29-18-9-14-25(26)32(29)37)40-48(44,45)39-36-20-11-19-30(36)42(28-17-8-7-16-27(28)36)34(43)46-23-24-12-5-4-6-13-24;1-44(2,3)19-18-42(36,37)33-17-16-29(32-43(38,39)41-26-23(30)13-9-14-24(26)31)22-12-7-8-15-25(22)34(27(29)33)28(35)40-20-21-10-5-4-6-11-21;1-17(2)16(22-17)12-7-5-9-18(20)14(10-19)21(3)13-8-4-6-11(12)15(13)18/h4-9,12-14,16-18,26,30-31,33,39-40H,10-11,15,19-21,23H2,1-3H3;4-15,27,32H,16-20H2,1-3H3;4,6,8,12,14,16H,5,7,9,20H2,1-3H3/t26-,30+,31+,33+,36-,37+;27-,29-;12-,14+,16+,18+/m000/s1. The molecule has 24 nitrogen and oxygen atoms in total. The fourth-order valence-electron chi connectivity index (χ4n) is 19.6. The molecule has 3 saturated heterocycles. The van der Waals surface area contributed by atoms with E-state index in [1.54, 1.807) is 59.5 Å². The number of sulfonamides is 1. The van der Waals surface area contributed by atoms with Crippen molar-refractivity contribution in [2.45, 2.75) is 212 Å². The Labute approximate surface area is 667 Å². The number of amides is 2. The van der Waals surface area contributed by atoms with Crippen molar-refractivity contribution in [2.24, 2.45) is 5.73 Å². The number of carbonyl (C=O) groups excluding carboxylic acids is 2. The van der Waals surface area contributed by atoms with E-state index in [0.717, 1.165) is 99.6 Å². The van der Waals surface area contributed by atoms with Gasteiger partial charge < -0.3 is 38.7 Å². The van der Waals surface area contributed by atoms with E-state index in [-0.39, 0.29) is 78.6 Å². The van der Waals surface area contributed by atoms with E-state index in [1.165, 1.54) is 11.1 Å². The fraction of sp³-hybridized carbons (Fsp3) is 0.452. The third kappa shape index (κ3) is 14.3. The Morgan fingerprint density at radius 2 is 1.02 bits per heavy atom. The molecule has 7 aromatic carbocycles. The second-order valence-electron chi connectivity index (χ2n) is 34.0. The van der Waals surface area contributed by atoms with Gasteiger partial charge in [-0.05, 0) is 149 Å². The lowest BCUT2D eigenvalue weighted by Crippen LogP contribution is -2.61. The van der Waals surface area contributed by atoms with Crippen molar-refractivity contribution in [3.8, 4) is 17.9 Å². The molecule has 602 valence electrons. The Bertz CT molecular complexity index is 5350. The van der Waals surface area contributed by atoms with Crippen LogP contribution < -0.4 is 43.7 Å². The lowest BCUT2D eigenvalue weighted by molar-refractivity contribution is 0.137. The molecule has 3 aliphatic carbocycles. The average Bonchev–Trinajstić information content (AvgIpc) is 1.54. The predicted octanol–water partition coefficient (Wildman–Crippen LogP) is 13.3. The fourth-order valence-corrected chi connectivity index (χ4v) is 27.1. The third-order valence-corrected chi connectivity index (χ3v) is 31.1. The molecule has 7 heterocycles. The van der Waals surface area contributed by atoms with Crippen LogP contribution in [0.2, 0.25) is 25.7 Å². The van der Waals surface area contributed by atoms with Crippen LogP contribution in [0.3, 0.4) is 0 Å². The molecule has 0 unspecified atom stereocenters. The highest BCUT2D eigenvalue weighted by Gasteiger charge is 2.66. The maximum Gasteiger partial charge on any atom is 0.416 e. The first kappa shape index (κ1) is 80.3. The van der Waals surface area contributed by atoms with Gasteiger partial charge in [0.25, 0.3) is 10.2 Å². The number of nitrogens with one attached hydrogen (secondary N) is 3. The molecule has 12 atom stereocenters. The van der Waals surface area contributed by atoms with Crippen LogP contribution in [0.1, 0.15) is 148 Å². The minimum atomic E-state index is -5.00. The van der Waals surface area contributed by atoms with Crippen molar-refractivity contribution < 1.29 is 66.8 Å². The highest BCUT2D eigenvalue weighted by atomic mass is 32.2. The van der Waals surface area contributed by atoms with Crippen molar-refractivity contribution in [3.05, 3.63) is 220 Å². The third-order valence-electron chi connectivity index (χ3n) is 24.9. The number of hydrogen-bond acceptors (Lipinski definition) is 18. The number of nitrogens with zero attached hydrogens (tertiary/aromatic N) is 7. The molecule has 7 aliphatic heterocycles. The Balaban J connectivity index is 0.000000143. The van der Waals surface area contributed by atoms with Gasteiger partial charge in [0, 0.05) is 68.6 Å². The molecule has 0 aromatic heterocycles. The van der Waals surface area contributed by atoms with Gasteiger partial charge in [-0.1, -0.05) is 160 Å². The zero-order valence-corrected chi connectivity index (χ0v) is 68.8. The number of nitrogens with two attached hydrogens (primary N) is 1. The van der Waals surface area contributed by atoms with Gasteiger partial charge >= 0.3 is 22.5 Å². The second-order valence-corrected chi connectivity index (χ2v) is 44.4. The van der Waals surface area contributed by atoms with Crippen molar-refractivity contribution in [1.29, 1.82) is 10.5 Å². The van der Waals surface area contributed by atoms with Crippen molar-refractivity contribution >= 4 is 73.5 Å². The lowest BCUT2D eigenvalue weighted by Gasteiger charge is -2.38. The first-order valence-electron chi connectivity index (χ1n) is 38.9. The molecule has 0 spiro atoms. The monoisotopic (exact) mass is 1630 g/mol. The number of rotatable bonds is 18. The summed E-state index contributed by atoms with van der Waals surface area (Å²) >= 11 is 0. The van der Waals surface area contributed by atoms with E-state index >= 15 is 0 Å². The molecule has 30 heteroatoms. The van der Waals surface area contributed by atoms with E-state index in [0.29, 0.717) is 42.5 Å². The number of anilines is 4. The van der Waals surface area contributed by atoms with Crippen LogP contribution in [0.5, 0.6) is 5.75 Å². The van der Waals surface area contributed by atoms with Crippen LogP contribution in [-0.4, -0.2) is 124 Å². The number of benzene rings is 7. The topological polar surface area (TPSA) is 315 Å². The zero-order valence-electron chi connectivity index (χ0n) is 65.3. The Hall–Kier alpha value is -8.89. The Morgan fingerprint density at radius 1 is 0.561 bits per heavy atom. The summed E-state index contributed by atoms with van der Waals surface area (Å²) in [6, 6.07) is 51.2. The van der Waals surface area contributed by atoms with Crippen LogP contribution in [0, 0.1) is 34.3 Å². The van der Waals surface area contributed by atoms with Gasteiger partial charge in [-0.15, -0.1) is 0 Å². The number of para-hydroxylation sites is 3. The normalized spacial score (nSPS) is 28.2. The minimum Gasteiger partial charge on any atom is -0.444 e. The molecular formula is C84H97F2N11O13S3Si. The largest absolute Gasteiger partial charge is 0.444 e. The molecule has 7 aromatic rings. The molecule has 2 amide bonds.